The molecule has 0 saturated heterocycles. The summed E-state index contributed by atoms with van der Waals surface area (Å²) < 4.78 is 3.08. The molecule has 4 nitrogen and oxygen atoms in total. The molecule has 2 heterocycles. The Balaban J connectivity index is 1.77. The maximum absolute atomic E-state index is 4.23. The van der Waals surface area contributed by atoms with Crippen molar-refractivity contribution in [1.29, 1.82) is 0 Å². The number of pyridine rings is 1. The molecule has 90 valence electrons. The van der Waals surface area contributed by atoms with Crippen LogP contribution in [0.1, 0.15) is 31.5 Å². The first-order valence-electron chi connectivity index (χ1n) is 6.05. The van der Waals surface area contributed by atoms with Gasteiger partial charge in [-0.3, -0.25) is 4.40 Å². The summed E-state index contributed by atoms with van der Waals surface area (Å²) in [6.45, 7) is 0.794. The zero-order valence-corrected chi connectivity index (χ0v) is 11.2. The predicted octanol–water partition coefficient (Wildman–Crippen LogP) is 2.52. The van der Waals surface area contributed by atoms with Crippen LogP contribution in [0, 0.1) is 0 Å². The van der Waals surface area contributed by atoms with Gasteiger partial charge in [-0.2, -0.15) is 0 Å². The lowest BCUT2D eigenvalue weighted by Gasteiger charge is -2.10. The molecule has 3 rings (SSSR count). The minimum absolute atomic E-state index is 0.662. The van der Waals surface area contributed by atoms with Gasteiger partial charge in [-0.1, -0.05) is 12.8 Å². The van der Waals surface area contributed by atoms with E-state index in [0.717, 1.165) is 22.5 Å². The first-order chi connectivity index (χ1) is 8.33. The lowest BCUT2D eigenvalue weighted by molar-refractivity contribution is 0.511. The van der Waals surface area contributed by atoms with Crippen LogP contribution in [0.3, 0.4) is 0 Å². The van der Waals surface area contributed by atoms with Crippen LogP contribution in [-0.4, -0.2) is 20.6 Å². The smallest absolute Gasteiger partial charge is 0.160 e. The molecule has 1 fully saturated rings. The first kappa shape index (κ1) is 11.2. The van der Waals surface area contributed by atoms with Gasteiger partial charge < -0.3 is 5.32 Å². The summed E-state index contributed by atoms with van der Waals surface area (Å²) in [7, 11) is 0. The first-order valence-corrected chi connectivity index (χ1v) is 6.85. The average Bonchev–Trinajstić information content (AvgIpc) is 2.94. The van der Waals surface area contributed by atoms with Crippen LogP contribution < -0.4 is 5.32 Å². The number of fused-ring (bicyclic) bond motifs is 1. The second kappa shape index (κ2) is 4.74. The normalized spacial score (nSPS) is 17.0. The van der Waals surface area contributed by atoms with Crippen LogP contribution in [0.25, 0.3) is 5.65 Å². The van der Waals surface area contributed by atoms with Crippen LogP contribution in [0.2, 0.25) is 0 Å². The highest BCUT2D eigenvalue weighted by Gasteiger charge is 2.15. The van der Waals surface area contributed by atoms with E-state index < -0.39 is 0 Å². The van der Waals surface area contributed by atoms with Crippen molar-refractivity contribution in [1.82, 2.24) is 19.9 Å². The van der Waals surface area contributed by atoms with Crippen molar-refractivity contribution in [2.24, 2.45) is 0 Å². The molecular formula is C12H15BrN4. The molecule has 1 aliphatic rings. The summed E-state index contributed by atoms with van der Waals surface area (Å²) in [4.78, 5) is 0. The molecule has 1 aliphatic carbocycles. The van der Waals surface area contributed by atoms with Crippen molar-refractivity contribution < 1.29 is 0 Å². The van der Waals surface area contributed by atoms with E-state index in [1.165, 1.54) is 25.7 Å². The van der Waals surface area contributed by atoms with Crippen molar-refractivity contribution in [3.63, 3.8) is 0 Å². The number of aromatic nitrogens is 3. The van der Waals surface area contributed by atoms with Crippen molar-refractivity contribution in [2.45, 2.75) is 38.3 Å². The van der Waals surface area contributed by atoms with Crippen molar-refractivity contribution in [3.05, 3.63) is 28.6 Å². The monoisotopic (exact) mass is 294 g/mol. The predicted molar refractivity (Wildman–Crippen MR) is 69.8 cm³/mol. The zero-order valence-electron chi connectivity index (χ0n) is 9.56. The Hall–Kier alpha value is -0.940. The van der Waals surface area contributed by atoms with Crippen LogP contribution in [0.15, 0.2) is 22.8 Å². The number of hydrogen-bond acceptors (Lipinski definition) is 3. The Morgan fingerprint density at radius 1 is 1.29 bits per heavy atom. The highest BCUT2D eigenvalue weighted by molar-refractivity contribution is 9.10. The standard InChI is InChI=1S/C12H15BrN4/c13-9-5-6-11-15-16-12(17(11)8-9)7-14-10-3-1-2-4-10/h5-6,8,10,14H,1-4,7H2. The van der Waals surface area contributed by atoms with Crippen molar-refractivity contribution in [3.8, 4) is 0 Å². The average molecular weight is 295 g/mol. The van der Waals surface area contributed by atoms with Gasteiger partial charge in [0.2, 0.25) is 0 Å². The second-order valence-electron chi connectivity index (χ2n) is 4.55. The van der Waals surface area contributed by atoms with Gasteiger partial charge in [0, 0.05) is 16.7 Å². The third-order valence-electron chi connectivity index (χ3n) is 3.34. The Morgan fingerprint density at radius 2 is 2.12 bits per heavy atom. The molecule has 2 aromatic heterocycles. The Morgan fingerprint density at radius 3 is 2.94 bits per heavy atom. The second-order valence-corrected chi connectivity index (χ2v) is 5.47. The van der Waals surface area contributed by atoms with Gasteiger partial charge in [-0.05, 0) is 40.9 Å². The van der Waals surface area contributed by atoms with Crippen LogP contribution in [0.4, 0.5) is 0 Å². The van der Waals surface area contributed by atoms with Gasteiger partial charge >= 0.3 is 0 Å². The fourth-order valence-corrected chi connectivity index (χ4v) is 2.74. The Labute approximate surface area is 109 Å². The number of halogens is 1. The topological polar surface area (TPSA) is 42.2 Å². The van der Waals surface area contributed by atoms with Gasteiger partial charge in [0.05, 0.1) is 6.54 Å². The highest BCUT2D eigenvalue weighted by Crippen LogP contribution is 2.18. The number of rotatable bonds is 3. The molecule has 17 heavy (non-hydrogen) atoms. The lowest BCUT2D eigenvalue weighted by Crippen LogP contribution is -2.26. The molecule has 1 N–H and O–H groups in total. The van der Waals surface area contributed by atoms with Crippen LogP contribution in [-0.2, 0) is 6.54 Å². The van der Waals surface area contributed by atoms with Gasteiger partial charge in [-0.15, -0.1) is 10.2 Å². The zero-order chi connectivity index (χ0) is 11.7. The van der Waals surface area contributed by atoms with E-state index in [2.05, 4.69) is 31.4 Å². The summed E-state index contributed by atoms with van der Waals surface area (Å²) in [5.74, 6) is 0.980. The van der Waals surface area contributed by atoms with E-state index in [1.54, 1.807) is 0 Å². The minimum atomic E-state index is 0.662. The molecule has 0 atom stereocenters. The highest BCUT2D eigenvalue weighted by atomic mass is 79.9. The summed E-state index contributed by atoms with van der Waals surface area (Å²) in [5.41, 5.74) is 0.899. The summed E-state index contributed by atoms with van der Waals surface area (Å²) in [6, 6.07) is 4.61. The van der Waals surface area contributed by atoms with Crippen molar-refractivity contribution >= 4 is 21.6 Å². The SMILES string of the molecule is Brc1ccc2nnc(CNC3CCCC3)n2c1. The molecular weight excluding hydrogens is 280 g/mol. The molecule has 0 unspecified atom stereocenters. The maximum atomic E-state index is 4.23. The van der Waals surface area contributed by atoms with Gasteiger partial charge in [0.15, 0.2) is 11.5 Å². The minimum Gasteiger partial charge on any atom is -0.307 e. The van der Waals surface area contributed by atoms with E-state index in [9.17, 15) is 0 Å². The number of nitrogens with one attached hydrogen (secondary N) is 1. The van der Waals surface area contributed by atoms with E-state index in [1.807, 2.05) is 22.7 Å². The number of nitrogens with zero attached hydrogens (tertiary/aromatic N) is 3. The largest absolute Gasteiger partial charge is 0.307 e. The van der Waals surface area contributed by atoms with Gasteiger partial charge in [-0.25, -0.2) is 0 Å². The molecule has 0 bridgehead atoms. The molecule has 1 saturated carbocycles. The molecule has 0 aromatic carbocycles. The van der Waals surface area contributed by atoms with E-state index in [4.69, 9.17) is 0 Å². The quantitative estimate of drug-likeness (QED) is 0.946. The fourth-order valence-electron chi connectivity index (χ4n) is 2.40. The van der Waals surface area contributed by atoms with E-state index in [0.29, 0.717) is 6.04 Å². The molecule has 0 aliphatic heterocycles. The van der Waals surface area contributed by atoms with Crippen LogP contribution in [0.5, 0.6) is 0 Å². The lowest BCUT2D eigenvalue weighted by atomic mass is 10.2. The van der Waals surface area contributed by atoms with Crippen LogP contribution >= 0.6 is 15.9 Å². The molecule has 0 radical (unpaired) electrons. The van der Waals surface area contributed by atoms with E-state index in [-0.39, 0.29) is 0 Å². The summed E-state index contributed by atoms with van der Waals surface area (Å²) >= 11 is 3.47. The fraction of sp³-hybridized carbons (Fsp3) is 0.500. The third kappa shape index (κ3) is 2.35. The molecule has 0 amide bonds. The van der Waals surface area contributed by atoms with Gasteiger partial charge in [0.1, 0.15) is 0 Å². The summed E-state index contributed by atoms with van der Waals surface area (Å²) in [6.07, 6.45) is 7.30. The summed E-state index contributed by atoms with van der Waals surface area (Å²) in [5, 5.41) is 11.9. The van der Waals surface area contributed by atoms with E-state index >= 15 is 0 Å². The molecule has 5 heteroatoms. The maximum Gasteiger partial charge on any atom is 0.160 e. The third-order valence-corrected chi connectivity index (χ3v) is 3.81. The molecule has 0 spiro atoms. The van der Waals surface area contributed by atoms with Crippen molar-refractivity contribution in [2.75, 3.05) is 0 Å². The molecule has 2 aromatic rings. The Kier molecular flexibility index (Phi) is 3.11. The Bertz CT molecular complexity index is 516. The van der Waals surface area contributed by atoms with Gasteiger partial charge in [0.25, 0.3) is 0 Å². The number of hydrogen-bond donors (Lipinski definition) is 1.